The van der Waals surface area contributed by atoms with E-state index in [0.29, 0.717) is 11.3 Å². The van der Waals surface area contributed by atoms with E-state index in [1.54, 1.807) is 6.07 Å². The van der Waals surface area contributed by atoms with Gasteiger partial charge in [-0.3, -0.25) is 4.79 Å². The Labute approximate surface area is 123 Å². The SMILES string of the molecule is Cc1ccc(C(=O)Nc2ccc(S(N)(=O)=O)cc2)c(C)c1. The molecule has 0 bridgehead atoms. The van der Waals surface area contributed by atoms with Crippen molar-refractivity contribution in [3.05, 3.63) is 59.2 Å². The van der Waals surface area contributed by atoms with Crippen molar-refractivity contribution in [2.24, 2.45) is 5.14 Å². The van der Waals surface area contributed by atoms with Gasteiger partial charge < -0.3 is 5.32 Å². The number of aryl methyl sites for hydroxylation is 2. The highest BCUT2D eigenvalue weighted by Gasteiger charge is 2.11. The van der Waals surface area contributed by atoms with Crippen LogP contribution in [0.25, 0.3) is 0 Å². The van der Waals surface area contributed by atoms with E-state index >= 15 is 0 Å². The molecule has 0 atom stereocenters. The van der Waals surface area contributed by atoms with Crippen molar-refractivity contribution < 1.29 is 13.2 Å². The summed E-state index contributed by atoms with van der Waals surface area (Å²) < 4.78 is 22.3. The number of rotatable bonds is 3. The number of sulfonamides is 1. The first kappa shape index (κ1) is 15.2. The molecule has 6 heteroatoms. The van der Waals surface area contributed by atoms with Gasteiger partial charge in [-0.1, -0.05) is 17.7 Å². The Balaban J connectivity index is 2.20. The summed E-state index contributed by atoms with van der Waals surface area (Å²) in [6, 6.07) is 11.3. The summed E-state index contributed by atoms with van der Waals surface area (Å²) in [5, 5.41) is 7.74. The molecule has 3 N–H and O–H groups in total. The van der Waals surface area contributed by atoms with Gasteiger partial charge in [0.2, 0.25) is 10.0 Å². The van der Waals surface area contributed by atoms with Gasteiger partial charge >= 0.3 is 0 Å². The lowest BCUT2D eigenvalue weighted by atomic mass is 10.1. The Bertz CT molecular complexity index is 781. The molecule has 0 aliphatic rings. The zero-order chi connectivity index (χ0) is 15.6. The third-order valence-electron chi connectivity index (χ3n) is 3.07. The van der Waals surface area contributed by atoms with Crippen LogP contribution in [0.4, 0.5) is 5.69 Å². The van der Waals surface area contributed by atoms with Crippen LogP contribution in [0.1, 0.15) is 21.5 Å². The van der Waals surface area contributed by atoms with Crippen LogP contribution in [0.3, 0.4) is 0 Å². The Hall–Kier alpha value is -2.18. The van der Waals surface area contributed by atoms with Gasteiger partial charge in [-0.2, -0.15) is 0 Å². The summed E-state index contributed by atoms with van der Waals surface area (Å²) in [4.78, 5) is 12.2. The average molecular weight is 304 g/mol. The fraction of sp³-hybridized carbons (Fsp3) is 0.133. The van der Waals surface area contributed by atoms with Crippen molar-refractivity contribution in [1.29, 1.82) is 0 Å². The number of hydrogen-bond donors (Lipinski definition) is 2. The maximum atomic E-state index is 12.2. The predicted octanol–water partition coefficient (Wildman–Crippen LogP) is 2.20. The van der Waals surface area contributed by atoms with Gasteiger partial charge in [-0.15, -0.1) is 0 Å². The lowest BCUT2D eigenvalue weighted by Crippen LogP contribution is -2.14. The number of amides is 1. The van der Waals surface area contributed by atoms with E-state index in [2.05, 4.69) is 5.32 Å². The minimum Gasteiger partial charge on any atom is -0.322 e. The molecule has 0 unspecified atom stereocenters. The van der Waals surface area contributed by atoms with E-state index in [-0.39, 0.29) is 10.8 Å². The first-order valence-corrected chi connectivity index (χ1v) is 7.83. The summed E-state index contributed by atoms with van der Waals surface area (Å²) in [6.07, 6.45) is 0. The van der Waals surface area contributed by atoms with Crippen molar-refractivity contribution in [3.63, 3.8) is 0 Å². The van der Waals surface area contributed by atoms with Crippen LogP contribution in [-0.2, 0) is 10.0 Å². The molecule has 2 aromatic rings. The van der Waals surface area contributed by atoms with E-state index in [1.807, 2.05) is 26.0 Å². The molecule has 0 fully saturated rings. The van der Waals surface area contributed by atoms with E-state index < -0.39 is 10.0 Å². The normalized spacial score (nSPS) is 11.2. The molecular formula is C15H16N2O3S. The van der Waals surface area contributed by atoms with Gasteiger partial charge in [-0.25, -0.2) is 13.6 Å². The van der Waals surface area contributed by atoms with Crippen LogP contribution >= 0.6 is 0 Å². The number of anilines is 1. The van der Waals surface area contributed by atoms with Crippen LogP contribution in [0.15, 0.2) is 47.4 Å². The second-order valence-corrected chi connectivity index (χ2v) is 6.40. The van der Waals surface area contributed by atoms with Crippen LogP contribution in [0, 0.1) is 13.8 Å². The fourth-order valence-electron chi connectivity index (χ4n) is 1.99. The molecule has 2 aromatic carbocycles. The monoisotopic (exact) mass is 304 g/mol. The summed E-state index contributed by atoms with van der Waals surface area (Å²) in [5.41, 5.74) is 3.05. The minimum atomic E-state index is -3.72. The van der Waals surface area contributed by atoms with E-state index in [4.69, 9.17) is 5.14 Å². The number of nitrogens with one attached hydrogen (secondary N) is 1. The number of nitrogens with two attached hydrogens (primary N) is 1. The number of hydrogen-bond acceptors (Lipinski definition) is 3. The molecule has 2 rings (SSSR count). The second-order valence-electron chi connectivity index (χ2n) is 4.84. The van der Waals surface area contributed by atoms with Gasteiger partial charge in [0.25, 0.3) is 5.91 Å². The van der Waals surface area contributed by atoms with E-state index in [1.165, 1.54) is 24.3 Å². The first-order valence-electron chi connectivity index (χ1n) is 6.29. The number of benzene rings is 2. The van der Waals surface area contributed by atoms with Crippen LogP contribution in [0.2, 0.25) is 0 Å². The third-order valence-corrected chi connectivity index (χ3v) is 4.00. The standard InChI is InChI=1S/C15H16N2O3S/c1-10-3-8-14(11(2)9-10)15(18)17-12-4-6-13(7-5-12)21(16,19)20/h3-9H,1-2H3,(H,17,18)(H2,16,19,20). The Morgan fingerprint density at radius 1 is 1.05 bits per heavy atom. The fourth-order valence-corrected chi connectivity index (χ4v) is 2.51. The maximum Gasteiger partial charge on any atom is 0.255 e. The van der Waals surface area contributed by atoms with Crippen molar-refractivity contribution in [2.45, 2.75) is 18.7 Å². The highest BCUT2D eigenvalue weighted by molar-refractivity contribution is 7.89. The smallest absolute Gasteiger partial charge is 0.255 e. The summed E-state index contributed by atoms with van der Waals surface area (Å²) in [7, 11) is -3.72. The van der Waals surface area contributed by atoms with Crippen molar-refractivity contribution in [1.82, 2.24) is 0 Å². The summed E-state index contributed by atoms with van der Waals surface area (Å²) in [6.45, 7) is 3.83. The molecule has 0 spiro atoms. The van der Waals surface area contributed by atoms with Gasteiger partial charge in [0, 0.05) is 11.3 Å². The molecule has 0 saturated heterocycles. The summed E-state index contributed by atoms with van der Waals surface area (Å²) >= 11 is 0. The van der Waals surface area contributed by atoms with Crippen LogP contribution < -0.4 is 10.5 Å². The zero-order valence-corrected chi connectivity index (χ0v) is 12.6. The van der Waals surface area contributed by atoms with Crippen molar-refractivity contribution in [3.8, 4) is 0 Å². The zero-order valence-electron chi connectivity index (χ0n) is 11.8. The Kier molecular flexibility index (Phi) is 4.11. The molecule has 21 heavy (non-hydrogen) atoms. The quantitative estimate of drug-likeness (QED) is 0.911. The highest BCUT2D eigenvalue weighted by atomic mass is 32.2. The maximum absolute atomic E-state index is 12.2. The van der Waals surface area contributed by atoms with Gasteiger partial charge in [0.1, 0.15) is 0 Å². The lowest BCUT2D eigenvalue weighted by molar-refractivity contribution is 0.102. The topological polar surface area (TPSA) is 89.3 Å². The number of carbonyl (C=O) groups excluding carboxylic acids is 1. The van der Waals surface area contributed by atoms with Gasteiger partial charge in [-0.05, 0) is 49.7 Å². The molecule has 0 heterocycles. The van der Waals surface area contributed by atoms with E-state index in [9.17, 15) is 13.2 Å². The molecule has 110 valence electrons. The predicted molar refractivity (Wildman–Crippen MR) is 81.7 cm³/mol. The number of carbonyl (C=O) groups is 1. The third kappa shape index (κ3) is 3.68. The van der Waals surface area contributed by atoms with Gasteiger partial charge in [0.15, 0.2) is 0 Å². The lowest BCUT2D eigenvalue weighted by Gasteiger charge is -2.09. The minimum absolute atomic E-state index is 0.00650. The molecule has 0 aromatic heterocycles. The van der Waals surface area contributed by atoms with Crippen LogP contribution in [-0.4, -0.2) is 14.3 Å². The highest BCUT2D eigenvalue weighted by Crippen LogP contribution is 2.16. The molecule has 5 nitrogen and oxygen atoms in total. The molecule has 0 radical (unpaired) electrons. The van der Waals surface area contributed by atoms with Gasteiger partial charge in [0.05, 0.1) is 4.90 Å². The Morgan fingerprint density at radius 3 is 2.19 bits per heavy atom. The largest absolute Gasteiger partial charge is 0.322 e. The second kappa shape index (κ2) is 5.67. The average Bonchev–Trinajstić information content (AvgIpc) is 2.38. The number of primary sulfonamides is 1. The van der Waals surface area contributed by atoms with E-state index in [0.717, 1.165) is 11.1 Å². The molecule has 1 amide bonds. The molecule has 0 aliphatic carbocycles. The first-order chi connectivity index (χ1) is 9.77. The van der Waals surface area contributed by atoms with Crippen LogP contribution in [0.5, 0.6) is 0 Å². The van der Waals surface area contributed by atoms with Crippen molar-refractivity contribution in [2.75, 3.05) is 5.32 Å². The Morgan fingerprint density at radius 2 is 1.67 bits per heavy atom. The molecular weight excluding hydrogens is 288 g/mol. The molecule has 0 saturated carbocycles. The molecule has 0 aliphatic heterocycles. The van der Waals surface area contributed by atoms with Crippen molar-refractivity contribution >= 4 is 21.6 Å². The summed E-state index contributed by atoms with van der Waals surface area (Å²) in [5.74, 6) is -0.240.